The molecule has 0 atom stereocenters. The minimum atomic E-state index is 0.537. The zero-order chi connectivity index (χ0) is 34.4. The second kappa shape index (κ2) is 12.3. The van der Waals surface area contributed by atoms with E-state index in [1.807, 2.05) is 24.5 Å². The van der Waals surface area contributed by atoms with Gasteiger partial charge in [-0.15, -0.1) is 0 Å². The van der Waals surface area contributed by atoms with E-state index in [0.717, 1.165) is 71.9 Å². The number of fused-ring (bicyclic) bond motifs is 5. The van der Waals surface area contributed by atoms with Crippen molar-refractivity contribution in [2.24, 2.45) is 0 Å². The number of aromatic nitrogens is 6. The Morgan fingerprint density at radius 1 is 0.385 bits per heavy atom. The maximum atomic E-state index is 5.29. The lowest BCUT2D eigenvalue weighted by Gasteiger charge is -2.13. The minimum absolute atomic E-state index is 0.537. The molecule has 52 heavy (non-hydrogen) atoms. The first kappa shape index (κ1) is 29.7. The molecule has 0 fully saturated rings. The van der Waals surface area contributed by atoms with Gasteiger partial charge in [-0.1, -0.05) is 133 Å². The molecule has 0 amide bonds. The topological polar surface area (TPSA) is 61.4 Å². The molecule has 0 N–H and O–H groups in total. The first-order valence-electron chi connectivity index (χ1n) is 17.3. The first-order chi connectivity index (χ1) is 25.8. The summed E-state index contributed by atoms with van der Waals surface area (Å²) in [6.45, 7) is 0. The quantitative estimate of drug-likeness (QED) is 0.177. The van der Waals surface area contributed by atoms with E-state index in [9.17, 15) is 0 Å². The van der Waals surface area contributed by atoms with Crippen LogP contribution >= 0.6 is 0 Å². The van der Waals surface area contributed by atoms with Crippen LogP contribution in [0.4, 0.5) is 0 Å². The molecular weight excluding hydrogens is 637 g/mol. The van der Waals surface area contributed by atoms with Crippen molar-refractivity contribution in [3.05, 3.63) is 182 Å². The number of hydrogen-bond donors (Lipinski definition) is 0. The molecule has 3 heterocycles. The number of benzene rings is 7. The Hall–Kier alpha value is -7.18. The Morgan fingerprint density at radius 2 is 0.923 bits per heavy atom. The smallest absolute Gasteiger partial charge is 0.238 e. The van der Waals surface area contributed by atoms with E-state index < -0.39 is 0 Å². The van der Waals surface area contributed by atoms with Crippen LogP contribution in [0, 0.1) is 0 Å². The summed E-state index contributed by atoms with van der Waals surface area (Å²) in [4.78, 5) is 20.6. The molecule has 7 aromatic carbocycles. The van der Waals surface area contributed by atoms with Crippen LogP contribution in [0.5, 0.6) is 0 Å². The van der Waals surface area contributed by atoms with Crippen LogP contribution in [0.15, 0.2) is 182 Å². The third kappa shape index (κ3) is 5.05. The van der Waals surface area contributed by atoms with Crippen LogP contribution in [0.3, 0.4) is 0 Å². The monoisotopic (exact) mass is 666 g/mol. The Balaban J connectivity index is 1.27. The lowest BCUT2D eigenvalue weighted by atomic mass is 10.0. The second-order valence-corrected chi connectivity index (χ2v) is 12.8. The molecule has 0 aliphatic rings. The zero-order valence-electron chi connectivity index (χ0n) is 28.0. The molecule has 244 valence electrons. The third-order valence-electron chi connectivity index (χ3n) is 9.66. The summed E-state index contributed by atoms with van der Waals surface area (Å²) in [5.41, 5.74) is 11.2. The number of imidazole rings is 1. The zero-order valence-corrected chi connectivity index (χ0v) is 28.0. The fourth-order valence-corrected chi connectivity index (χ4v) is 7.20. The number of rotatable bonds is 6. The standard InChI is InChI=1S/C46H30N6/c1-4-14-31(15-5-1)33-18-12-20-35(28-33)44-48-45(36-21-13-19-34(29-36)32-16-6-2-7-17-32)50-46(49-44)52-41-25-11-10-24-38(41)39-26-27-40-43(42(39)52)51(30-47-40)37-22-8-3-9-23-37/h1-30H. The van der Waals surface area contributed by atoms with Crippen molar-refractivity contribution in [3.8, 4) is 56.7 Å². The highest BCUT2D eigenvalue weighted by Crippen LogP contribution is 2.37. The second-order valence-electron chi connectivity index (χ2n) is 12.8. The van der Waals surface area contributed by atoms with E-state index in [1.165, 1.54) is 0 Å². The predicted molar refractivity (Wildman–Crippen MR) is 211 cm³/mol. The maximum absolute atomic E-state index is 5.29. The third-order valence-corrected chi connectivity index (χ3v) is 9.66. The van der Waals surface area contributed by atoms with E-state index in [4.69, 9.17) is 19.9 Å². The van der Waals surface area contributed by atoms with Gasteiger partial charge in [0, 0.05) is 27.6 Å². The highest BCUT2D eigenvalue weighted by atomic mass is 15.2. The van der Waals surface area contributed by atoms with Crippen LogP contribution in [-0.2, 0) is 0 Å². The molecule has 0 saturated carbocycles. The summed E-state index contributed by atoms with van der Waals surface area (Å²) in [5, 5.41) is 2.21. The largest absolute Gasteiger partial charge is 0.297 e. The SMILES string of the molecule is c1ccc(-c2cccc(-c3nc(-c4cccc(-c5ccccc5)c4)nc(-n4c5ccccc5c5ccc6ncn(-c7ccccc7)c6c54)n3)c2)cc1. The summed E-state index contributed by atoms with van der Waals surface area (Å²) >= 11 is 0. The van der Waals surface area contributed by atoms with Crippen LogP contribution in [0.25, 0.3) is 89.5 Å². The van der Waals surface area contributed by atoms with Crippen molar-refractivity contribution in [2.75, 3.05) is 0 Å². The highest BCUT2D eigenvalue weighted by Gasteiger charge is 2.22. The van der Waals surface area contributed by atoms with Gasteiger partial charge in [0.15, 0.2) is 11.6 Å². The van der Waals surface area contributed by atoms with Gasteiger partial charge < -0.3 is 0 Å². The molecule has 0 aliphatic carbocycles. The van der Waals surface area contributed by atoms with Crippen molar-refractivity contribution in [1.82, 2.24) is 29.1 Å². The van der Waals surface area contributed by atoms with Crippen molar-refractivity contribution in [2.45, 2.75) is 0 Å². The number of hydrogen-bond acceptors (Lipinski definition) is 4. The fraction of sp³-hybridized carbons (Fsp3) is 0. The van der Waals surface area contributed by atoms with Gasteiger partial charge in [-0.25, -0.2) is 9.97 Å². The van der Waals surface area contributed by atoms with E-state index >= 15 is 0 Å². The van der Waals surface area contributed by atoms with Gasteiger partial charge in [-0.2, -0.15) is 9.97 Å². The van der Waals surface area contributed by atoms with Crippen molar-refractivity contribution in [1.29, 1.82) is 0 Å². The molecule has 10 aromatic rings. The van der Waals surface area contributed by atoms with Crippen LogP contribution in [0.2, 0.25) is 0 Å². The van der Waals surface area contributed by atoms with Crippen molar-refractivity contribution in [3.63, 3.8) is 0 Å². The average Bonchev–Trinajstić information content (AvgIpc) is 3.81. The maximum Gasteiger partial charge on any atom is 0.238 e. The van der Waals surface area contributed by atoms with Gasteiger partial charge in [0.2, 0.25) is 5.95 Å². The van der Waals surface area contributed by atoms with Crippen LogP contribution in [-0.4, -0.2) is 29.1 Å². The Labute approximate surface area is 300 Å². The van der Waals surface area contributed by atoms with Crippen LogP contribution < -0.4 is 0 Å². The van der Waals surface area contributed by atoms with E-state index in [-0.39, 0.29) is 0 Å². The minimum Gasteiger partial charge on any atom is -0.297 e. The number of para-hydroxylation sites is 2. The first-order valence-corrected chi connectivity index (χ1v) is 17.3. The molecule has 0 radical (unpaired) electrons. The van der Waals surface area contributed by atoms with Gasteiger partial charge in [-0.3, -0.25) is 9.13 Å². The summed E-state index contributed by atoms with van der Waals surface area (Å²) in [5.74, 6) is 1.73. The highest BCUT2D eigenvalue weighted by molar-refractivity contribution is 6.17. The molecule has 10 rings (SSSR count). The number of nitrogens with zero attached hydrogens (tertiary/aromatic N) is 6. The van der Waals surface area contributed by atoms with Crippen LogP contribution in [0.1, 0.15) is 0 Å². The molecule has 0 bridgehead atoms. The fourth-order valence-electron chi connectivity index (χ4n) is 7.20. The summed E-state index contributed by atoms with van der Waals surface area (Å²) < 4.78 is 4.34. The lowest BCUT2D eigenvalue weighted by Crippen LogP contribution is -2.07. The molecule has 0 aliphatic heterocycles. The van der Waals surface area contributed by atoms with Gasteiger partial charge in [0.25, 0.3) is 0 Å². The van der Waals surface area contributed by atoms with Gasteiger partial charge in [0.05, 0.1) is 22.1 Å². The predicted octanol–water partition coefficient (Wildman–Crippen LogP) is 11.0. The summed E-state index contributed by atoms with van der Waals surface area (Å²) in [7, 11) is 0. The molecule has 0 saturated heterocycles. The Bertz CT molecular complexity index is 2790. The van der Waals surface area contributed by atoms with Crippen molar-refractivity contribution < 1.29 is 0 Å². The Morgan fingerprint density at radius 3 is 1.56 bits per heavy atom. The van der Waals surface area contributed by atoms with Gasteiger partial charge >= 0.3 is 0 Å². The molecule has 3 aromatic heterocycles. The summed E-state index contributed by atoms with van der Waals surface area (Å²) in [6, 6.07) is 60.7. The van der Waals surface area contributed by atoms with E-state index in [1.54, 1.807) is 0 Å². The van der Waals surface area contributed by atoms with Crippen molar-refractivity contribution >= 4 is 32.8 Å². The lowest BCUT2D eigenvalue weighted by molar-refractivity contribution is 0.953. The van der Waals surface area contributed by atoms with Gasteiger partial charge in [-0.05, 0) is 64.7 Å². The molecule has 6 nitrogen and oxygen atoms in total. The molecule has 0 spiro atoms. The Kier molecular flexibility index (Phi) is 7.03. The van der Waals surface area contributed by atoms with Gasteiger partial charge in [0.1, 0.15) is 6.33 Å². The molecule has 6 heteroatoms. The summed E-state index contributed by atoms with van der Waals surface area (Å²) in [6.07, 6.45) is 1.90. The normalized spacial score (nSPS) is 11.5. The van der Waals surface area contributed by atoms with E-state index in [2.05, 4.69) is 167 Å². The molecular formula is C46H30N6. The molecule has 0 unspecified atom stereocenters. The average molecular weight is 667 g/mol. The van der Waals surface area contributed by atoms with E-state index in [0.29, 0.717) is 17.6 Å².